The third-order valence-corrected chi connectivity index (χ3v) is 3.95. The van der Waals surface area contributed by atoms with Gasteiger partial charge in [-0.15, -0.1) is 0 Å². The van der Waals surface area contributed by atoms with E-state index < -0.39 is 6.04 Å². The van der Waals surface area contributed by atoms with Gasteiger partial charge >= 0.3 is 5.97 Å². The first-order valence-electron chi connectivity index (χ1n) is 8.33. The minimum atomic E-state index is -0.550. The first-order chi connectivity index (χ1) is 10.9. The molecule has 1 aromatic carbocycles. The van der Waals surface area contributed by atoms with Gasteiger partial charge in [0.25, 0.3) is 0 Å². The molecular weight excluding hydrogens is 290 g/mol. The van der Waals surface area contributed by atoms with Crippen LogP contribution < -0.4 is 0 Å². The van der Waals surface area contributed by atoms with Gasteiger partial charge in [-0.2, -0.15) is 0 Å². The summed E-state index contributed by atoms with van der Waals surface area (Å²) in [6.45, 7) is 8.39. The number of esters is 1. The van der Waals surface area contributed by atoms with Crippen molar-refractivity contribution in [1.82, 2.24) is 4.90 Å². The number of amides is 1. The van der Waals surface area contributed by atoms with Crippen LogP contribution in [-0.2, 0) is 20.9 Å². The van der Waals surface area contributed by atoms with Crippen LogP contribution in [0.3, 0.4) is 0 Å². The summed E-state index contributed by atoms with van der Waals surface area (Å²) in [5.41, 5.74) is 2.20. The van der Waals surface area contributed by atoms with Gasteiger partial charge < -0.3 is 9.64 Å². The Kier molecular flexibility index (Phi) is 7.79. The van der Waals surface area contributed by atoms with Crippen molar-refractivity contribution >= 4 is 11.9 Å². The zero-order valence-electron chi connectivity index (χ0n) is 15.0. The van der Waals surface area contributed by atoms with Crippen molar-refractivity contribution in [2.24, 2.45) is 5.92 Å². The van der Waals surface area contributed by atoms with Gasteiger partial charge in [-0.3, -0.25) is 4.79 Å². The molecule has 0 aromatic heterocycles. The lowest BCUT2D eigenvalue weighted by atomic mass is 10.0. The van der Waals surface area contributed by atoms with Crippen LogP contribution >= 0.6 is 0 Å². The number of nitrogens with zero attached hydrogens (tertiary/aromatic N) is 1. The highest BCUT2D eigenvalue weighted by atomic mass is 16.5. The predicted octanol–water partition coefficient (Wildman–Crippen LogP) is 3.71. The van der Waals surface area contributed by atoms with Crippen molar-refractivity contribution in [3.8, 4) is 0 Å². The summed E-state index contributed by atoms with van der Waals surface area (Å²) in [5, 5.41) is 0. The molecule has 0 aliphatic carbocycles. The molecule has 0 saturated heterocycles. The van der Waals surface area contributed by atoms with Gasteiger partial charge in [0.1, 0.15) is 6.04 Å². The highest BCUT2D eigenvalue weighted by Crippen LogP contribution is 2.19. The van der Waals surface area contributed by atoms with Crippen molar-refractivity contribution in [3.63, 3.8) is 0 Å². The first-order valence-corrected chi connectivity index (χ1v) is 8.33. The van der Waals surface area contributed by atoms with Crippen molar-refractivity contribution < 1.29 is 14.3 Å². The average molecular weight is 319 g/mol. The summed E-state index contributed by atoms with van der Waals surface area (Å²) in [5.74, 6) is -0.341. The number of methoxy groups -OCH3 is 1. The summed E-state index contributed by atoms with van der Waals surface area (Å²) in [6.07, 6.45) is 2.24. The number of aryl methyl sites for hydroxylation is 1. The van der Waals surface area contributed by atoms with Gasteiger partial charge in [0.2, 0.25) is 5.91 Å². The molecule has 1 rings (SSSR count). The van der Waals surface area contributed by atoms with E-state index in [0.29, 0.717) is 13.0 Å². The van der Waals surface area contributed by atoms with Gasteiger partial charge in [-0.05, 0) is 24.8 Å². The number of hydrogen-bond donors (Lipinski definition) is 0. The molecule has 128 valence electrons. The third-order valence-electron chi connectivity index (χ3n) is 3.95. The Balaban J connectivity index is 3.05. The van der Waals surface area contributed by atoms with E-state index >= 15 is 0 Å². The summed E-state index contributed by atoms with van der Waals surface area (Å²) < 4.78 is 4.93. The number of benzene rings is 1. The molecular formula is C19H29NO3. The second kappa shape index (κ2) is 9.33. The molecule has 0 aliphatic rings. The Bertz CT molecular complexity index is 508. The fourth-order valence-corrected chi connectivity index (χ4v) is 2.58. The number of carbonyl (C=O) groups excluding carboxylic acids is 2. The quantitative estimate of drug-likeness (QED) is 0.686. The van der Waals surface area contributed by atoms with E-state index in [1.807, 2.05) is 45.0 Å². The van der Waals surface area contributed by atoms with E-state index in [1.165, 1.54) is 12.7 Å². The minimum Gasteiger partial charge on any atom is -0.467 e. The molecule has 0 unspecified atom stereocenters. The van der Waals surface area contributed by atoms with Crippen LogP contribution in [0.5, 0.6) is 0 Å². The first kappa shape index (κ1) is 19.2. The SMILES string of the molecule is CCCCC(=O)N(Cc1ccc(C)cc1)[C@H](C(=O)OC)C(C)C. The topological polar surface area (TPSA) is 46.6 Å². The average Bonchev–Trinajstić information content (AvgIpc) is 2.53. The van der Waals surface area contributed by atoms with Crippen molar-refractivity contribution in [2.75, 3.05) is 7.11 Å². The number of rotatable bonds is 8. The lowest BCUT2D eigenvalue weighted by Crippen LogP contribution is -2.48. The fourth-order valence-electron chi connectivity index (χ4n) is 2.58. The summed E-state index contributed by atoms with van der Waals surface area (Å²) in [7, 11) is 1.37. The molecule has 0 spiro atoms. The lowest BCUT2D eigenvalue weighted by molar-refractivity contribution is -0.155. The Morgan fingerprint density at radius 2 is 1.78 bits per heavy atom. The van der Waals surface area contributed by atoms with Gasteiger partial charge in [0, 0.05) is 13.0 Å². The molecule has 0 bridgehead atoms. The number of unbranched alkanes of at least 4 members (excludes halogenated alkanes) is 1. The normalized spacial score (nSPS) is 12.1. The second-order valence-electron chi connectivity index (χ2n) is 6.32. The van der Waals surface area contributed by atoms with Crippen LogP contribution in [-0.4, -0.2) is 29.9 Å². The zero-order chi connectivity index (χ0) is 17.4. The maximum Gasteiger partial charge on any atom is 0.328 e. The van der Waals surface area contributed by atoms with Crippen LogP contribution in [0, 0.1) is 12.8 Å². The second-order valence-corrected chi connectivity index (χ2v) is 6.32. The van der Waals surface area contributed by atoms with Crippen molar-refractivity contribution in [3.05, 3.63) is 35.4 Å². The van der Waals surface area contributed by atoms with Crippen LogP contribution in [0.1, 0.15) is 51.2 Å². The Labute approximate surface area is 139 Å². The molecule has 1 aromatic rings. The molecule has 23 heavy (non-hydrogen) atoms. The third kappa shape index (κ3) is 5.70. The monoisotopic (exact) mass is 319 g/mol. The standard InChI is InChI=1S/C19H29NO3/c1-6-7-8-17(21)20(18(14(2)3)19(22)23-5)13-16-11-9-15(4)10-12-16/h9-12,14,18H,6-8,13H2,1-5H3/t18-/m0/s1. The summed E-state index contributed by atoms with van der Waals surface area (Å²) >= 11 is 0. The lowest BCUT2D eigenvalue weighted by Gasteiger charge is -2.32. The minimum absolute atomic E-state index is 0.00141. The van der Waals surface area contributed by atoms with Crippen LogP contribution in [0.4, 0.5) is 0 Å². The number of ether oxygens (including phenoxy) is 1. The number of carbonyl (C=O) groups is 2. The van der Waals surface area contributed by atoms with Crippen LogP contribution in [0.25, 0.3) is 0 Å². The predicted molar refractivity (Wildman–Crippen MR) is 91.9 cm³/mol. The van der Waals surface area contributed by atoms with E-state index in [4.69, 9.17) is 4.74 Å². The Hall–Kier alpha value is -1.84. The van der Waals surface area contributed by atoms with E-state index in [-0.39, 0.29) is 17.8 Å². The van der Waals surface area contributed by atoms with Crippen molar-refractivity contribution in [2.45, 2.75) is 59.5 Å². The molecule has 0 radical (unpaired) electrons. The van der Waals surface area contributed by atoms with Gasteiger partial charge in [-0.25, -0.2) is 4.79 Å². The molecule has 0 fully saturated rings. The van der Waals surface area contributed by atoms with Gasteiger partial charge in [0.15, 0.2) is 0 Å². The van der Waals surface area contributed by atoms with E-state index in [0.717, 1.165) is 18.4 Å². The summed E-state index contributed by atoms with van der Waals surface area (Å²) in [6, 6.07) is 7.50. The molecule has 0 N–H and O–H groups in total. The van der Waals surface area contributed by atoms with Gasteiger partial charge in [0.05, 0.1) is 7.11 Å². The van der Waals surface area contributed by atoms with Gasteiger partial charge in [-0.1, -0.05) is 57.0 Å². The highest BCUT2D eigenvalue weighted by Gasteiger charge is 2.32. The largest absolute Gasteiger partial charge is 0.467 e. The maximum absolute atomic E-state index is 12.7. The fraction of sp³-hybridized carbons (Fsp3) is 0.579. The molecule has 1 atom stereocenters. The highest BCUT2D eigenvalue weighted by molar-refractivity contribution is 5.84. The molecule has 0 heterocycles. The Morgan fingerprint density at radius 1 is 1.17 bits per heavy atom. The molecule has 4 heteroatoms. The Morgan fingerprint density at radius 3 is 2.26 bits per heavy atom. The van der Waals surface area contributed by atoms with E-state index in [9.17, 15) is 9.59 Å². The molecule has 0 aliphatic heterocycles. The maximum atomic E-state index is 12.7. The van der Waals surface area contributed by atoms with Crippen LogP contribution in [0.2, 0.25) is 0 Å². The van der Waals surface area contributed by atoms with Crippen LogP contribution in [0.15, 0.2) is 24.3 Å². The molecule has 1 amide bonds. The van der Waals surface area contributed by atoms with E-state index in [2.05, 4.69) is 6.92 Å². The number of hydrogen-bond acceptors (Lipinski definition) is 3. The van der Waals surface area contributed by atoms with Crippen molar-refractivity contribution in [1.29, 1.82) is 0 Å². The molecule has 4 nitrogen and oxygen atoms in total. The zero-order valence-corrected chi connectivity index (χ0v) is 15.0. The molecule has 0 saturated carbocycles. The smallest absolute Gasteiger partial charge is 0.328 e. The van der Waals surface area contributed by atoms with E-state index in [1.54, 1.807) is 4.90 Å². The summed E-state index contributed by atoms with van der Waals surface area (Å²) in [4.78, 5) is 26.5.